The Kier molecular flexibility index (Phi) is 7.25. The van der Waals surface area contributed by atoms with Crippen molar-refractivity contribution in [1.82, 2.24) is 20.3 Å². The van der Waals surface area contributed by atoms with Crippen LogP contribution in [0.5, 0.6) is 5.75 Å². The van der Waals surface area contributed by atoms with Crippen LogP contribution in [0, 0.1) is 5.92 Å². The molecule has 0 unspecified atom stereocenters. The molecule has 0 radical (unpaired) electrons. The summed E-state index contributed by atoms with van der Waals surface area (Å²) in [7, 11) is 0. The van der Waals surface area contributed by atoms with E-state index in [0.29, 0.717) is 31.9 Å². The van der Waals surface area contributed by atoms with Gasteiger partial charge in [-0.15, -0.1) is 0 Å². The molecule has 2 saturated heterocycles. The Balaban J connectivity index is 1.37. The first-order valence-corrected chi connectivity index (χ1v) is 12.9. The number of anilines is 1. The number of para-hydroxylation sites is 1. The topological polar surface area (TPSA) is 136 Å². The van der Waals surface area contributed by atoms with Crippen LogP contribution in [0.1, 0.15) is 13.3 Å². The first kappa shape index (κ1) is 26.2. The van der Waals surface area contributed by atoms with Crippen molar-refractivity contribution >= 4 is 34.5 Å². The van der Waals surface area contributed by atoms with Gasteiger partial charge in [-0.1, -0.05) is 24.3 Å². The van der Waals surface area contributed by atoms with Crippen LogP contribution in [0.2, 0.25) is 0 Å². The van der Waals surface area contributed by atoms with Crippen molar-refractivity contribution < 1.29 is 29.4 Å². The quantitative estimate of drug-likeness (QED) is 0.336. The summed E-state index contributed by atoms with van der Waals surface area (Å²) in [4.78, 5) is 48.4. The van der Waals surface area contributed by atoms with E-state index in [2.05, 4.69) is 9.88 Å². The molecular weight excluding hydrogens is 502 g/mol. The average molecular weight is 534 g/mol. The first-order chi connectivity index (χ1) is 18.8. The number of piperazine rings is 1. The fourth-order valence-corrected chi connectivity index (χ4v) is 5.66. The number of nitrogens with one attached hydrogen (secondary N) is 1. The minimum Gasteiger partial charge on any atom is -0.489 e. The maximum atomic E-state index is 14.0. The monoisotopic (exact) mass is 533 g/mol. The number of aromatic nitrogens is 1. The van der Waals surface area contributed by atoms with E-state index in [-0.39, 0.29) is 13.0 Å². The standard InChI is InChI=1S/C28H31N5O6/c1-28(26(35)32-14-12-31(13-15-32)20-7-3-2-4-8-20)23(25(34)30-38)17-22(18-33(28)27(36)37)39-21-9-10-24-19(16-21)6-5-11-29-24/h2-11,16,22-23,38H,12-15,17-18H2,1H3,(H,30,34)(H,36,37)/t22-,23+,28-/m0/s1. The van der Waals surface area contributed by atoms with Crippen molar-refractivity contribution in [3.05, 3.63) is 66.9 Å². The van der Waals surface area contributed by atoms with Gasteiger partial charge < -0.3 is 19.6 Å². The van der Waals surface area contributed by atoms with Gasteiger partial charge in [0.05, 0.1) is 18.0 Å². The lowest BCUT2D eigenvalue weighted by atomic mass is 9.75. The number of fused-ring (bicyclic) bond motifs is 1. The Morgan fingerprint density at radius 3 is 2.46 bits per heavy atom. The third-order valence-corrected chi connectivity index (χ3v) is 7.78. The molecule has 2 fully saturated rings. The SMILES string of the molecule is C[C@@]1(C(=O)N2CCN(c3ccccc3)CC2)[C@@H](C(=O)NO)C[C@H](Oc2ccc3ncccc3c2)CN1C(=O)O. The highest BCUT2D eigenvalue weighted by molar-refractivity contribution is 5.96. The summed E-state index contributed by atoms with van der Waals surface area (Å²) < 4.78 is 6.12. The highest BCUT2D eigenvalue weighted by Gasteiger charge is 2.57. The highest BCUT2D eigenvalue weighted by Crippen LogP contribution is 2.38. The number of pyridine rings is 1. The second kappa shape index (κ2) is 10.8. The Morgan fingerprint density at radius 2 is 1.77 bits per heavy atom. The smallest absolute Gasteiger partial charge is 0.408 e. The Bertz CT molecular complexity index is 1360. The summed E-state index contributed by atoms with van der Waals surface area (Å²) in [6, 6.07) is 18.8. The zero-order valence-electron chi connectivity index (χ0n) is 21.6. The van der Waals surface area contributed by atoms with E-state index >= 15 is 0 Å². The molecule has 11 heteroatoms. The van der Waals surface area contributed by atoms with Crippen LogP contribution < -0.4 is 15.1 Å². The molecule has 3 N–H and O–H groups in total. The van der Waals surface area contributed by atoms with Gasteiger partial charge in [-0.25, -0.2) is 10.3 Å². The van der Waals surface area contributed by atoms with Crippen LogP contribution in [-0.4, -0.2) is 87.4 Å². The summed E-state index contributed by atoms with van der Waals surface area (Å²) in [6.45, 7) is 3.22. The number of likely N-dealkylation sites (tertiary alicyclic amines) is 1. The molecule has 1 aromatic heterocycles. The number of benzene rings is 2. The molecule has 11 nitrogen and oxygen atoms in total. The number of hydrogen-bond acceptors (Lipinski definition) is 7. The summed E-state index contributed by atoms with van der Waals surface area (Å²) in [5, 5.41) is 20.6. The molecule has 3 atom stereocenters. The Morgan fingerprint density at radius 1 is 1.03 bits per heavy atom. The minimum atomic E-state index is -1.74. The van der Waals surface area contributed by atoms with Crippen molar-refractivity contribution in [2.75, 3.05) is 37.6 Å². The van der Waals surface area contributed by atoms with Crippen molar-refractivity contribution in [3.8, 4) is 5.75 Å². The number of carbonyl (C=O) groups is 3. The van der Waals surface area contributed by atoms with E-state index < -0.39 is 35.5 Å². The van der Waals surface area contributed by atoms with Gasteiger partial charge in [0.15, 0.2) is 0 Å². The lowest BCUT2D eigenvalue weighted by molar-refractivity contribution is -0.161. The summed E-state index contributed by atoms with van der Waals surface area (Å²) >= 11 is 0. The third kappa shape index (κ3) is 5.05. The summed E-state index contributed by atoms with van der Waals surface area (Å²) in [5.74, 6) is -2.00. The van der Waals surface area contributed by atoms with Crippen molar-refractivity contribution in [2.45, 2.75) is 25.0 Å². The number of carbonyl (C=O) groups excluding carboxylic acids is 2. The number of hydroxylamine groups is 1. The molecule has 5 rings (SSSR count). The van der Waals surface area contributed by atoms with Gasteiger partial charge in [-0.3, -0.25) is 24.7 Å². The molecule has 3 heterocycles. The molecule has 39 heavy (non-hydrogen) atoms. The predicted octanol–water partition coefficient (Wildman–Crippen LogP) is 2.59. The molecule has 2 aliphatic heterocycles. The lowest BCUT2D eigenvalue weighted by Gasteiger charge is -2.51. The van der Waals surface area contributed by atoms with Crippen molar-refractivity contribution in [3.63, 3.8) is 0 Å². The van der Waals surface area contributed by atoms with Gasteiger partial charge in [0.2, 0.25) is 11.8 Å². The lowest BCUT2D eigenvalue weighted by Crippen LogP contribution is -2.71. The molecule has 0 saturated carbocycles. The van der Waals surface area contributed by atoms with Crippen molar-refractivity contribution in [2.24, 2.45) is 5.92 Å². The van der Waals surface area contributed by atoms with E-state index in [1.165, 1.54) is 6.92 Å². The maximum Gasteiger partial charge on any atom is 0.408 e. The van der Waals surface area contributed by atoms with E-state index in [4.69, 9.17) is 4.74 Å². The second-order valence-corrected chi connectivity index (χ2v) is 10.0. The minimum absolute atomic E-state index is 0.0352. The first-order valence-electron chi connectivity index (χ1n) is 12.9. The number of rotatable bonds is 5. The largest absolute Gasteiger partial charge is 0.489 e. The number of piperidine rings is 1. The summed E-state index contributed by atoms with van der Waals surface area (Å²) in [6.07, 6.45) is -0.353. The highest BCUT2D eigenvalue weighted by atomic mass is 16.5. The average Bonchev–Trinajstić information content (AvgIpc) is 2.97. The normalized spacial score (nSPS) is 23.4. The van der Waals surface area contributed by atoms with Gasteiger partial charge in [-0.2, -0.15) is 0 Å². The molecule has 0 spiro atoms. The fourth-order valence-electron chi connectivity index (χ4n) is 5.66. The van der Waals surface area contributed by atoms with E-state index in [0.717, 1.165) is 21.5 Å². The molecular formula is C28H31N5O6. The number of carboxylic acid groups (broad SMARTS) is 1. The second-order valence-electron chi connectivity index (χ2n) is 10.0. The third-order valence-electron chi connectivity index (χ3n) is 7.78. The van der Waals surface area contributed by atoms with Gasteiger partial charge in [0, 0.05) is 49.9 Å². The van der Waals surface area contributed by atoms with Crippen LogP contribution in [0.3, 0.4) is 0 Å². The van der Waals surface area contributed by atoms with Crippen molar-refractivity contribution in [1.29, 1.82) is 0 Å². The fraction of sp³-hybridized carbons (Fsp3) is 0.357. The molecule has 3 amide bonds. The van der Waals surface area contributed by atoms with Crippen LogP contribution in [0.15, 0.2) is 66.9 Å². The summed E-state index contributed by atoms with van der Waals surface area (Å²) in [5.41, 5.74) is 1.73. The zero-order valence-corrected chi connectivity index (χ0v) is 21.6. The number of nitrogens with zero attached hydrogens (tertiary/aromatic N) is 4. The molecule has 2 aliphatic rings. The predicted molar refractivity (Wildman–Crippen MR) is 143 cm³/mol. The number of amides is 3. The van der Waals surface area contributed by atoms with Gasteiger partial charge in [0.1, 0.15) is 17.4 Å². The van der Waals surface area contributed by atoms with Gasteiger partial charge in [-0.05, 0) is 43.3 Å². The van der Waals surface area contributed by atoms with E-state index in [1.807, 2.05) is 36.4 Å². The molecule has 204 valence electrons. The zero-order chi connectivity index (χ0) is 27.6. The molecule has 2 aromatic carbocycles. The van der Waals surface area contributed by atoms with E-state index in [9.17, 15) is 24.7 Å². The van der Waals surface area contributed by atoms with Crippen LogP contribution in [0.25, 0.3) is 10.9 Å². The molecule has 0 aliphatic carbocycles. The maximum absolute atomic E-state index is 14.0. The van der Waals surface area contributed by atoms with Crippen LogP contribution in [0.4, 0.5) is 10.5 Å². The van der Waals surface area contributed by atoms with Crippen LogP contribution >= 0.6 is 0 Å². The Labute approximate surface area is 225 Å². The van der Waals surface area contributed by atoms with Crippen LogP contribution in [-0.2, 0) is 9.59 Å². The Hall–Kier alpha value is -4.38. The van der Waals surface area contributed by atoms with E-state index in [1.54, 1.807) is 40.8 Å². The molecule has 0 bridgehead atoms. The van der Waals surface area contributed by atoms with Gasteiger partial charge in [0.25, 0.3) is 0 Å². The van der Waals surface area contributed by atoms with Gasteiger partial charge >= 0.3 is 6.09 Å². The number of hydrogen-bond donors (Lipinski definition) is 3. The molecule has 3 aromatic rings. The number of ether oxygens (including phenoxy) is 1.